The number of rotatable bonds is 4. The maximum absolute atomic E-state index is 6.25. The number of aryl methyl sites for hydroxylation is 1. The van der Waals surface area contributed by atoms with Crippen molar-refractivity contribution < 1.29 is 4.74 Å². The average Bonchev–Trinajstić information content (AvgIpc) is 2.54. The van der Waals surface area contributed by atoms with Gasteiger partial charge < -0.3 is 10.1 Å². The molecule has 3 nitrogen and oxygen atoms in total. The van der Waals surface area contributed by atoms with E-state index in [9.17, 15) is 0 Å². The van der Waals surface area contributed by atoms with Gasteiger partial charge in [0.1, 0.15) is 11.4 Å². The van der Waals surface area contributed by atoms with Gasteiger partial charge in [0.15, 0.2) is 0 Å². The molecule has 0 radical (unpaired) electrons. The number of nitrogens with zero attached hydrogens (tertiary/aromatic N) is 1. The molecule has 116 valence electrons. The van der Waals surface area contributed by atoms with E-state index in [1.807, 2.05) is 18.3 Å². The van der Waals surface area contributed by atoms with Gasteiger partial charge in [-0.2, -0.15) is 0 Å². The monoisotopic (exact) mass is 296 g/mol. The highest BCUT2D eigenvalue weighted by Gasteiger charge is 2.35. The molecule has 0 saturated carbocycles. The van der Waals surface area contributed by atoms with Gasteiger partial charge in [0, 0.05) is 30.8 Å². The Kier molecular flexibility index (Phi) is 4.16. The van der Waals surface area contributed by atoms with Gasteiger partial charge >= 0.3 is 0 Å². The second-order valence-electron chi connectivity index (χ2n) is 6.41. The number of benzene rings is 1. The van der Waals surface area contributed by atoms with Crippen molar-refractivity contribution in [3.05, 3.63) is 59.4 Å². The summed E-state index contributed by atoms with van der Waals surface area (Å²) in [6, 6.07) is 12.8. The van der Waals surface area contributed by atoms with Crippen molar-refractivity contribution in [3.8, 4) is 5.75 Å². The third-order valence-corrected chi connectivity index (χ3v) is 4.54. The molecule has 0 aliphatic carbocycles. The van der Waals surface area contributed by atoms with Crippen LogP contribution in [0.4, 0.5) is 0 Å². The van der Waals surface area contributed by atoms with Crippen molar-refractivity contribution in [1.82, 2.24) is 10.3 Å². The smallest absolute Gasteiger partial charge is 0.124 e. The number of hydrogen-bond acceptors (Lipinski definition) is 3. The summed E-state index contributed by atoms with van der Waals surface area (Å²) < 4.78 is 6.25. The molecular formula is C19H24N2O. The van der Waals surface area contributed by atoms with Crippen molar-refractivity contribution in [3.63, 3.8) is 0 Å². The second-order valence-corrected chi connectivity index (χ2v) is 6.41. The van der Waals surface area contributed by atoms with Crippen LogP contribution in [0.1, 0.15) is 49.6 Å². The molecule has 1 N–H and O–H groups in total. The molecule has 2 unspecified atom stereocenters. The molecule has 22 heavy (non-hydrogen) atoms. The number of nitrogens with one attached hydrogen (secondary N) is 1. The molecule has 0 bridgehead atoms. The van der Waals surface area contributed by atoms with Crippen molar-refractivity contribution in [2.45, 2.75) is 51.8 Å². The van der Waals surface area contributed by atoms with E-state index in [0.717, 1.165) is 30.8 Å². The lowest BCUT2D eigenvalue weighted by Gasteiger charge is -2.40. The lowest BCUT2D eigenvalue weighted by molar-refractivity contribution is 0.0438. The Balaban J connectivity index is 1.84. The summed E-state index contributed by atoms with van der Waals surface area (Å²) in [6.07, 6.45) is 3.82. The molecule has 1 aliphatic heterocycles. The molecule has 1 aromatic heterocycles. The number of aromatic nitrogens is 1. The normalized spacial score (nSPS) is 23.7. The Labute approximate surface area is 132 Å². The Hall–Kier alpha value is -1.87. The van der Waals surface area contributed by atoms with E-state index in [4.69, 9.17) is 4.74 Å². The first-order chi connectivity index (χ1) is 10.6. The molecule has 0 saturated heterocycles. The lowest BCUT2D eigenvalue weighted by atomic mass is 9.86. The van der Waals surface area contributed by atoms with E-state index in [-0.39, 0.29) is 5.60 Å². The molecule has 0 amide bonds. The van der Waals surface area contributed by atoms with Gasteiger partial charge in [-0.15, -0.1) is 0 Å². The quantitative estimate of drug-likeness (QED) is 0.919. The van der Waals surface area contributed by atoms with Gasteiger partial charge in [-0.3, -0.25) is 4.98 Å². The summed E-state index contributed by atoms with van der Waals surface area (Å²) >= 11 is 0. The van der Waals surface area contributed by atoms with Crippen LogP contribution in [-0.2, 0) is 6.54 Å². The minimum Gasteiger partial charge on any atom is -0.487 e. The van der Waals surface area contributed by atoms with Gasteiger partial charge in [0.2, 0.25) is 0 Å². The summed E-state index contributed by atoms with van der Waals surface area (Å²) in [7, 11) is 0. The predicted molar refractivity (Wildman–Crippen MR) is 88.9 cm³/mol. The number of pyridine rings is 1. The zero-order valence-electron chi connectivity index (χ0n) is 13.6. The van der Waals surface area contributed by atoms with Crippen molar-refractivity contribution in [2.75, 3.05) is 0 Å². The standard InChI is InChI=1S/C19H24N2O/c1-4-19(3)12-17(21-13-15-7-5-6-10-20-15)16-11-14(2)8-9-18(16)22-19/h5-11,17,21H,4,12-13H2,1-3H3. The minimum atomic E-state index is -0.107. The Morgan fingerprint density at radius 1 is 1.32 bits per heavy atom. The van der Waals surface area contributed by atoms with Gasteiger partial charge in [0.05, 0.1) is 5.69 Å². The van der Waals surface area contributed by atoms with Crippen LogP contribution in [-0.4, -0.2) is 10.6 Å². The number of hydrogen-bond donors (Lipinski definition) is 1. The van der Waals surface area contributed by atoms with Crippen LogP contribution in [0.3, 0.4) is 0 Å². The summed E-state index contributed by atoms with van der Waals surface area (Å²) in [4.78, 5) is 4.40. The SMILES string of the molecule is CCC1(C)CC(NCc2ccccn2)c2cc(C)ccc2O1. The lowest BCUT2D eigenvalue weighted by Crippen LogP contribution is -2.41. The molecule has 2 atom stereocenters. The molecule has 2 heterocycles. The first-order valence-electron chi connectivity index (χ1n) is 8.02. The van der Waals surface area contributed by atoms with E-state index < -0.39 is 0 Å². The zero-order chi connectivity index (χ0) is 15.6. The third kappa shape index (κ3) is 3.14. The van der Waals surface area contributed by atoms with E-state index in [0.29, 0.717) is 6.04 Å². The molecule has 0 spiro atoms. The first-order valence-corrected chi connectivity index (χ1v) is 8.02. The van der Waals surface area contributed by atoms with Crippen molar-refractivity contribution >= 4 is 0 Å². The van der Waals surface area contributed by atoms with E-state index in [1.54, 1.807) is 0 Å². The van der Waals surface area contributed by atoms with Crippen LogP contribution in [0.2, 0.25) is 0 Å². The van der Waals surface area contributed by atoms with E-state index >= 15 is 0 Å². The summed E-state index contributed by atoms with van der Waals surface area (Å²) in [5.74, 6) is 1.01. The maximum Gasteiger partial charge on any atom is 0.124 e. The van der Waals surface area contributed by atoms with Gasteiger partial charge in [0.25, 0.3) is 0 Å². The van der Waals surface area contributed by atoms with Gasteiger partial charge in [-0.1, -0.05) is 30.7 Å². The molecule has 2 aromatic rings. The summed E-state index contributed by atoms with van der Waals surface area (Å²) in [5.41, 5.74) is 3.50. The second kappa shape index (κ2) is 6.09. The molecule has 0 fully saturated rings. The Morgan fingerprint density at radius 3 is 2.91 bits per heavy atom. The van der Waals surface area contributed by atoms with E-state index in [1.165, 1.54) is 11.1 Å². The topological polar surface area (TPSA) is 34.2 Å². The molecule has 1 aromatic carbocycles. The van der Waals surface area contributed by atoms with Crippen LogP contribution >= 0.6 is 0 Å². The fourth-order valence-electron chi connectivity index (χ4n) is 3.01. The van der Waals surface area contributed by atoms with Crippen LogP contribution in [0.15, 0.2) is 42.6 Å². The molecule has 3 heteroatoms. The molecular weight excluding hydrogens is 272 g/mol. The van der Waals surface area contributed by atoms with Gasteiger partial charge in [-0.05, 0) is 38.5 Å². The fourth-order valence-corrected chi connectivity index (χ4v) is 3.01. The highest BCUT2D eigenvalue weighted by Crippen LogP contribution is 2.41. The number of ether oxygens (including phenoxy) is 1. The maximum atomic E-state index is 6.25. The minimum absolute atomic E-state index is 0.107. The average molecular weight is 296 g/mol. The van der Waals surface area contributed by atoms with Crippen LogP contribution in [0.25, 0.3) is 0 Å². The molecule has 1 aliphatic rings. The molecule has 3 rings (SSSR count). The van der Waals surface area contributed by atoms with Crippen molar-refractivity contribution in [2.24, 2.45) is 0 Å². The van der Waals surface area contributed by atoms with E-state index in [2.05, 4.69) is 55.3 Å². The highest BCUT2D eigenvalue weighted by atomic mass is 16.5. The summed E-state index contributed by atoms with van der Waals surface area (Å²) in [5, 5.41) is 3.67. The van der Waals surface area contributed by atoms with Crippen LogP contribution in [0.5, 0.6) is 5.75 Å². The largest absolute Gasteiger partial charge is 0.487 e. The Bertz CT molecular complexity index is 641. The van der Waals surface area contributed by atoms with Gasteiger partial charge in [-0.25, -0.2) is 0 Å². The highest BCUT2D eigenvalue weighted by molar-refractivity contribution is 5.41. The van der Waals surface area contributed by atoms with Crippen LogP contribution < -0.4 is 10.1 Å². The summed E-state index contributed by atoms with van der Waals surface area (Å²) in [6.45, 7) is 7.29. The zero-order valence-corrected chi connectivity index (χ0v) is 13.6. The van der Waals surface area contributed by atoms with Crippen LogP contribution in [0, 0.1) is 6.92 Å². The first kappa shape index (κ1) is 15.0. The third-order valence-electron chi connectivity index (χ3n) is 4.54. The Morgan fingerprint density at radius 2 is 2.18 bits per heavy atom. The fraction of sp³-hybridized carbons (Fsp3) is 0.421. The predicted octanol–water partition coefficient (Wildman–Crippen LogP) is 4.17. The van der Waals surface area contributed by atoms with Crippen molar-refractivity contribution in [1.29, 1.82) is 0 Å². The number of fused-ring (bicyclic) bond motifs is 1.